The second-order valence-corrected chi connectivity index (χ2v) is 4.98. The number of rotatable bonds is 2. The van der Waals surface area contributed by atoms with Crippen LogP contribution in [0.15, 0.2) is 30.3 Å². The second kappa shape index (κ2) is 6.96. The molecule has 1 aromatic carbocycles. The van der Waals surface area contributed by atoms with E-state index in [1.807, 2.05) is 30.3 Å². The fourth-order valence-corrected chi connectivity index (χ4v) is 2.53. The zero-order valence-electron chi connectivity index (χ0n) is 11.1. The summed E-state index contributed by atoms with van der Waals surface area (Å²) < 4.78 is 0. The molecule has 1 saturated carbocycles. The molecule has 0 aliphatic heterocycles. The van der Waals surface area contributed by atoms with Gasteiger partial charge in [-0.3, -0.25) is 4.79 Å². The molecule has 1 aromatic rings. The number of carbonyl (C=O) groups is 1. The van der Waals surface area contributed by atoms with Gasteiger partial charge in [0.1, 0.15) is 0 Å². The van der Waals surface area contributed by atoms with Gasteiger partial charge in [0.25, 0.3) is 5.91 Å². The Morgan fingerprint density at radius 1 is 1.26 bits per heavy atom. The number of hydrogen-bond donors (Lipinski definition) is 2. The molecule has 3 heteroatoms. The highest BCUT2D eigenvalue weighted by Crippen LogP contribution is 2.23. The van der Waals surface area contributed by atoms with Crippen LogP contribution in [0.5, 0.6) is 0 Å². The van der Waals surface area contributed by atoms with Crippen LogP contribution in [-0.2, 0) is 4.79 Å². The molecule has 3 N–H and O–H groups in total. The third-order valence-corrected chi connectivity index (χ3v) is 3.62. The average molecular weight is 256 g/mol. The SMILES string of the molecule is NCC1CCCCC1NC(=O)C#Cc1ccccc1. The summed E-state index contributed by atoms with van der Waals surface area (Å²) in [5, 5.41) is 3.00. The molecule has 0 saturated heterocycles. The van der Waals surface area contributed by atoms with Crippen molar-refractivity contribution in [3.63, 3.8) is 0 Å². The van der Waals surface area contributed by atoms with Crippen LogP contribution in [0.3, 0.4) is 0 Å². The van der Waals surface area contributed by atoms with E-state index in [9.17, 15) is 4.79 Å². The van der Waals surface area contributed by atoms with Crippen molar-refractivity contribution in [2.45, 2.75) is 31.7 Å². The van der Waals surface area contributed by atoms with Crippen molar-refractivity contribution in [2.24, 2.45) is 11.7 Å². The van der Waals surface area contributed by atoms with E-state index in [1.165, 1.54) is 6.42 Å². The molecule has 0 spiro atoms. The smallest absolute Gasteiger partial charge is 0.296 e. The van der Waals surface area contributed by atoms with Gasteiger partial charge in [-0.2, -0.15) is 0 Å². The van der Waals surface area contributed by atoms with E-state index < -0.39 is 0 Å². The van der Waals surface area contributed by atoms with E-state index in [1.54, 1.807) is 0 Å². The summed E-state index contributed by atoms with van der Waals surface area (Å²) in [6, 6.07) is 9.73. The summed E-state index contributed by atoms with van der Waals surface area (Å²) in [5.41, 5.74) is 6.61. The third kappa shape index (κ3) is 4.11. The summed E-state index contributed by atoms with van der Waals surface area (Å²) in [4.78, 5) is 11.8. The molecule has 1 aliphatic rings. The van der Waals surface area contributed by atoms with Gasteiger partial charge in [-0.1, -0.05) is 37.0 Å². The lowest BCUT2D eigenvalue weighted by molar-refractivity contribution is -0.116. The van der Waals surface area contributed by atoms with Crippen LogP contribution in [0.4, 0.5) is 0 Å². The maximum absolute atomic E-state index is 11.8. The van der Waals surface area contributed by atoms with E-state index >= 15 is 0 Å². The van der Waals surface area contributed by atoms with Gasteiger partial charge in [-0.15, -0.1) is 0 Å². The topological polar surface area (TPSA) is 55.1 Å². The Labute approximate surface area is 114 Å². The molecular formula is C16H20N2O. The van der Waals surface area contributed by atoms with Crippen molar-refractivity contribution < 1.29 is 4.79 Å². The molecule has 2 unspecified atom stereocenters. The maximum atomic E-state index is 11.8. The predicted octanol–water partition coefficient (Wildman–Crippen LogP) is 1.67. The van der Waals surface area contributed by atoms with Crippen molar-refractivity contribution in [3.05, 3.63) is 35.9 Å². The molecule has 19 heavy (non-hydrogen) atoms. The average Bonchev–Trinajstić information content (AvgIpc) is 2.47. The normalized spacial score (nSPS) is 22.2. The molecule has 0 bridgehead atoms. The molecule has 1 fully saturated rings. The minimum Gasteiger partial charge on any atom is -0.342 e. The molecule has 1 amide bonds. The van der Waals surface area contributed by atoms with Crippen molar-refractivity contribution in [1.29, 1.82) is 0 Å². The van der Waals surface area contributed by atoms with E-state index in [4.69, 9.17) is 5.73 Å². The van der Waals surface area contributed by atoms with Gasteiger partial charge >= 0.3 is 0 Å². The zero-order chi connectivity index (χ0) is 13.5. The highest BCUT2D eigenvalue weighted by atomic mass is 16.1. The standard InChI is InChI=1S/C16H20N2O/c17-12-14-8-4-5-9-15(14)18-16(19)11-10-13-6-2-1-3-7-13/h1-3,6-7,14-15H,4-5,8-9,12,17H2,(H,18,19). The van der Waals surface area contributed by atoms with Crippen LogP contribution in [0.1, 0.15) is 31.2 Å². The van der Waals surface area contributed by atoms with Crippen LogP contribution in [0, 0.1) is 17.8 Å². The number of amides is 1. The first-order chi connectivity index (χ1) is 9.29. The zero-order valence-corrected chi connectivity index (χ0v) is 11.1. The lowest BCUT2D eigenvalue weighted by Gasteiger charge is -2.30. The summed E-state index contributed by atoms with van der Waals surface area (Å²) in [6.45, 7) is 0.636. The number of benzene rings is 1. The Morgan fingerprint density at radius 3 is 2.74 bits per heavy atom. The number of nitrogens with two attached hydrogens (primary N) is 1. The molecular weight excluding hydrogens is 236 g/mol. The summed E-state index contributed by atoms with van der Waals surface area (Å²) in [6.07, 6.45) is 4.49. The van der Waals surface area contributed by atoms with Crippen LogP contribution in [0.25, 0.3) is 0 Å². The lowest BCUT2D eigenvalue weighted by atomic mass is 9.84. The Morgan fingerprint density at radius 2 is 2.00 bits per heavy atom. The largest absolute Gasteiger partial charge is 0.342 e. The molecule has 1 aliphatic carbocycles. The van der Waals surface area contributed by atoms with Crippen molar-refractivity contribution in [1.82, 2.24) is 5.32 Å². The molecule has 2 rings (SSSR count). The van der Waals surface area contributed by atoms with Gasteiger partial charge in [-0.05, 0) is 37.4 Å². The van der Waals surface area contributed by atoms with Gasteiger partial charge in [0.15, 0.2) is 0 Å². The Balaban J connectivity index is 1.92. The maximum Gasteiger partial charge on any atom is 0.296 e. The minimum atomic E-state index is -0.200. The van der Waals surface area contributed by atoms with Gasteiger partial charge < -0.3 is 11.1 Å². The van der Waals surface area contributed by atoms with E-state index in [0.717, 1.165) is 24.8 Å². The lowest BCUT2D eigenvalue weighted by Crippen LogP contribution is -2.44. The van der Waals surface area contributed by atoms with E-state index in [2.05, 4.69) is 17.2 Å². The van der Waals surface area contributed by atoms with Gasteiger partial charge in [0.2, 0.25) is 0 Å². The first-order valence-electron chi connectivity index (χ1n) is 6.87. The predicted molar refractivity (Wildman–Crippen MR) is 76.3 cm³/mol. The molecule has 0 heterocycles. The Kier molecular flexibility index (Phi) is 5.00. The monoisotopic (exact) mass is 256 g/mol. The van der Waals surface area contributed by atoms with Crippen LogP contribution in [-0.4, -0.2) is 18.5 Å². The number of carbonyl (C=O) groups excluding carboxylic acids is 1. The fourth-order valence-electron chi connectivity index (χ4n) is 2.53. The highest BCUT2D eigenvalue weighted by molar-refractivity contribution is 5.94. The quantitative estimate of drug-likeness (QED) is 0.791. The first kappa shape index (κ1) is 13.6. The van der Waals surface area contributed by atoms with Crippen molar-refractivity contribution in [2.75, 3.05) is 6.54 Å². The molecule has 100 valence electrons. The minimum absolute atomic E-state index is 0.191. The van der Waals surface area contributed by atoms with Crippen LogP contribution in [0.2, 0.25) is 0 Å². The molecule has 2 atom stereocenters. The summed E-state index contributed by atoms with van der Waals surface area (Å²) >= 11 is 0. The van der Waals surface area contributed by atoms with Gasteiger partial charge in [-0.25, -0.2) is 0 Å². The van der Waals surface area contributed by atoms with Gasteiger partial charge in [0, 0.05) is 17.5 Å². The van der Waals surface area contributed by atoms with E-state index in [0.29, 0.717) is 12.5 Å². The Bertz CT molecular complexity index is 473. The first-order valence-corrected chi connectivity index (χ1v) is 6.87. The highest BCUT2D eigenvalue weighted by Gasteiger charge is 2.24. The molecule has 0 aromatic heterocycles. The van der Waals surface area contributed by atoms with E-state index in [-0.39, 0.29) is 11.9 Å². The summed E-state index contributed by atoms with van der Waals surface area (Å²) in [5.74, 6) is 5.72. The van der Waals surface area contributed by atoms with Crippen molar-refractivity contribution >= 4 is 5.91 Å². The third-order valence-electron chi connectivity index (χ3n) is 3.62. The second-order valence-electron chi connectivity index (χ2n) is 4.98. The Hall–Kier alpha value is -1.79. The summed E-state index contributed by atoms with van der Waals surface area (Å²) in [7, 11) is 0. The molecule has 0 radical (unpaired) electrons. The van der Waals surface area contributed by atoms with Gasteiger partial charge in [0.05, 0.1) is 0 Å². The van der Waals surface area contributed by atoms with Crippen LogP contribution >= 0.6 is 0 Å². The fraction of sp³-hybridized carbons (Fsp3) is 0.438. The number of nitrogens with one attached hydrogen (secondary N) is 1. The molecule has 3 nitrogen and oxygen atoms in total. The van der Waals surface area contributed by atoms with Crippen LogP contribution < -0.4 is 11.1 Å². The van der Waals surface area contributed by atoms with Crippen molar-refractivity contribution in [3.8, 4) is 11.8 Å². The number of hydrogen-bond acceptors (Lipinski definition) is 2.